The number of carbonyl (C=O) groups is 3. The third kappa shape index (κ3) is 12.3. The maximum Gasteiger partial charge on any atom is 0.573 e. The molecule has 4 aromatic carbocycles. The molecule has 0 radical (unpaired) electrons. The number of carbonyl (C=O) groups excluding carboxylic acids is 3. The standard InChI is InChI=1S/C28H30F3N3O3.C23H22F3N3O2.ClH/c1-17-7-5-9-19(13-17)24-22(18-8-6-10-21(14-18)37-28(29,30)31)15-23-25(35)33-16-20(34(23)24)11-12-32-26(36)27(2,3)4;1-14-4-2-6-16(10-14)21-19(15-5-3-7-18(11-15)31-23(24,25)26)12-20-22(30)28-13-17(8-9-27)29(20)21;/h5-10,13-15,20H,11-12,16H2,1-4H3,(H,32,36)(H,33,35);2-7,10-12,17H,8-9,13,27H2,1H3,(H,28,30);1H/t20-;17-;/m00./s1. The quantitative estimate of drug-likeness (QED) is 0.0953. The van der Waals surface area contributed by atoms with Gasteiger partial charge in [0.2, 0.25) is 5.91 Å². The second-order valence-corrected chi connectivity index (χ2v) is 17.8. The maximum atomic E-state index is 12.9. The number of fused-ring (bicyclic) bond motifs is 2. The Bertz CT molecular complexity index is 2830. The predicted molar refractivity (Wildman–Crippen MR) is 254 cm³/mol. The lowest BCUT2D eigenvalue weighted by molar-refractivity contribution is -0.275. The van der Waals surface area contributed by atoms with E-state index in [1.807, 2.05) is 92.3 Å². The Hall–Kier alpha value is -6.72. The topological polar surface area (TPSA) is 142 Å². The van der Waals surface area contributed by atoms with E-state index in [1.165, 1.54) is 36.4 Å². The molecule has 69 heavy (non-hydrogen) atoms. The molecule has 0 fully saturated rings. The minimum atomic E-state index is -4.82. The second-order valence-electron chi connectivity index (χ2n) is 17.8. The summed E-state index contributed by atoms with van der Waals surface area (Å²) in [7, 11) is 0. The van der Waals surface area contributed by atoms with Crippen molar-refractivity contribution >= 4 is 30.1 Å². The fraction of sp³-hybridized carbons (Fsp3) is 0.314. The van der Waals surface area contributed by atoms with Crippen molar-refractivity contribution in [3.05, 3.63) is 132 Å². The summed E-state index contributed by atoms with van der Waals surface area (Å²) < 4.78 is 89.1. The molecule has 8 rings (SSSR count). The molecule has 5 N–H and O–H groups in total. The molecule has 2 aromatic heterocycles. The zero-order valence-electron chi connectivity index (χ0n) is 38.5. The van der Waals surface area contributed by atoms with E-state index in [9.17, 15) is 40.7 Å². The average molecular weight is 979 g/mol. The Balaban J connectivity index is 0.000000227. The molecule has 11 nitrogen and oxygen atoms in total. The lowest BCUT2D eigenvalue weighted by atomic mass is 9.95. The minimum Gasteiger partial charge on any atom is -0.406 e. The normalized spacial score (nSPS) is 15.6. The van der Waals surface area contributed by atoms with E-state index >= 15 is 0 Å². The lowest BCUT2D eigenvalue weighted by Crippen LogP contribution is -2.41. The van der Waals surface area contributed by atoms with Gasteiger partial charge in [-0.2, -0.15) is 0 Å². The monoisotopic (exact) mass is 978 g/mol. The molecule has 0 aliphatic carbocycles. The van der Waals surface area contributed by atoms with Gasteiger partial charge in [0.15, 0.2) is 0 Å². The number of hydrogen-bond acceptors (Lipinski definition) is 6. The SMILES string of the molecule is Cc1cccc(-c2c(-c3cccc(OC(F)(F)F)c3)cc3n2[C@@H](CCN)CNC3=O)c1.Cc1cccc(-c2c(-c3cccc(OC(F)(F)F)c3)cc3n2[C@@H](CCNC(=O)C(C)(C)C)CNC3=O)c1.Cl. The van der Waals surface area contributed by atoms with Gasteiger partial charge in [-0.1, -0.05) is 92.6 Å². The molecule has 3 amide bonds. The molecule has 18 heteroatoms. The number of aromatic nitrogens is 2. The van der Waals surface area contributed by atoms with Crippen LogP contribution < -0.4 is 31.2 Å². The Morgan fingerprint density at radius 3 is 1.43 bits per heavy atom. The van der Waals surface area contributed by atoms with Crippen molar-refractivity contribution in [2.45, 2.75) is 72.3 Å². The molecule has 366 valence electrons. The highest BCUT2D eigenvalue weighted by atomic mass is 35.5. The van der Waals surface area contributed by atoms with Gasteiger partial charge >= 0.3 is 12.7 Å². The van der Waals surface area contributed by atoms with Crippen LogP contribution in [0.2, 0.25) is 0 Å². The summed E-state index contributed by atoms with van der Waals surface area (Å²) in [5.74, 6) is -1.21. The van der Waals surface area contributed by atoms with Crippen LogP contribution in [-0.4, -0.2) is 65.8 Å². The van der Waals surface area contributed by atoms with Gasteiger partial charge in [-0.25, -0.2) is 0 Å². The second kappa shape index (κ2) is 20.9. The van der Waals surface area contributed by atoms with Crippen molar-refractivity contribution < 1.29 is 50.2 Å². The maximum absolute atomic E-state index is 12.9. The summed E-state index contributed by atoms with van der Waals surface area (Å²) in [6, 6.07) is 30.3. The molecule has 0 unspecified atom stereocenters. The van der Waals surface area contributed by atoms with Crippen molar-refractivity contribution in [3.8, 4) is 56.3 Å². The average Bonchev–Trinajstić information content (AvgIpc) is 3.87. The van der Waals surface area contributed by atoms with Crippen LogP contribution in [0, 0.1) is 19.3 Å². The van der Waals surface area contributed by atoms with Gasteiger partial charge in [-0.3, -0.25) is 14.4 Å². The van der Waals surface area contributed by atoms with Crippen molar-refractivity contribution in [3.63, 3.8) is 0 Å². The van der Waals surface area contributed by atoms with E-state index in [4.69, 9.17) is 5.73 Å². The van der Waals surface area contributed by atoms with Gasteiger partial charge in [-0.05, 0) is 104 Å². The zero-order valence-corrected chi connectivity index (χ0v) is 39.3. The number of rotatable bonds is 11. The number of halogens is 7. The molecule has 4 heterocycles. The van der Waals surface area contributed by atoms with E-state index < -0.39 is 18.1 Å². The van der Waals surface area contributed by atoms with E-state index in [2.05, 4.69) is 25.4 Å². The summed E-state index contributed by atoms with van der Waals surface area (Å²) in [5.41, 5.74) is 13.7. The van der Waals surface area contributed by atoms with Crippen LogP contribution in [0.15, 0.2) is 109 Å². The Labute approximate surface area is 401 Å². The highest BCUT2D eigenvalue weighted by Gasteiger charge is 2.35. The minimum absolute atomic E-state index is 0. The van der Waals surface area contributed by atoms with Gasteiger partial charge in [0.05, 0.1) is 23.5 Å². The van der Waals surface area contributed by atoms with E-state index in [0.29, 0.717) is 72.7 Å². The Morgan fingerprint density at radius 2 is 1.04 bits per heavy atom. The van der Waals surface area contributed by atoms with Crippen LogP contribution in [0.1, 0.15) is 77.8 Å². The van der Waals surface area contributed by atoms with E-state index in [1.54, 1.807) is 24.3 Å². The first kappa shape index (κ1) is 51.7. The van der Waals surface area contributed by atoms with Gasteiger partial charge in [-0.15, -0.1) is 38.7 Å². The van der Waals surface area contributed by atoms with Crippen LogP contribution >= 0.6 is 12.4 Å². The molecule has 2 aliphatic rings. The zero-order chi connectivity index (χ0) is 49.1. The molecule has 2 aliphatic heterocycles. The van der Waals surface area contributed by atoms with Gasteiger partial charge < -0.3 is 40.3 Å². The van der Waals surface area contributed by atoms with Crippen molar-refractivity contribution in [1.29, 1.82) is 0 Å². The van der Waals surface area contributed by atoms with Crippen molar-refractivity contribution in [1.82, 2.24) is 25.1 Å². The van der Waals surface area contributed by atoms with Crippen molar-refractivity contribution in [2.75, 3.05) is 26.2 Å². The summed E-state index contributed by atoms with van der Waals surface area (Å²) in [6.45, 7) is 11.1. The number of nitrogens with one attached hydrogen (secondary N) is 3. The molecule has 0 bridgehead atoms. The van der Waals surface area contributed by atoms with Crippen LogP contribution in [0.5, 0.6) is 11.5 Å². The predicted octanol–water partition coefficient (Wildman–Crippen LogP) is 11.0. The summed E-state index contributed by atoms with van der Waals surface area (Å²) >= 11 is 0. The fourth-order valence-corrected chi connectivity index (χ4v) is 8.55. The van der Waals surface area contributed by atoms with Gasteiger partial charge in [0.25, 0.3) is 11.8 Å². The van der Waals surface area contributed by atoms with Crippen LogP contribution in [0.4, 0.5) is 26.3 Å². The Morgan fingerprint density at radius 1 is 0.638 bits per heavy atom. The smallest absolute Gasteiger partial charge is 0.406 e. The third-order valence-corrected chi connectivity index (χ3v) is 11.5. The Kier molecular flexibility index (Phi) is 15.6. The number of nitrogens with zero attached hydrogens (tertiary/aromatic N) is 2. The van der Waals surface area contributed by atoms with E-state index in [-0.39, 0.29) is 53.7 Å². The number of ether oxygens (including phenoxy) is 2. The molecule has 0 saturated heterocycles. The fourth-order valence-electron chi connectivity index (χ4n) is 8.55. The summed E-state index contributed by atoms with van der Waals surface area (Å²) in [6.07, 6.45) is -8.40. The summed E-state index contributed by atoms with van der Waals surface area (Å²) in [4.78, 5) is 37.9. The number of hydrogen-bond donors (Lipinski definition) is 4. The highest BCUT2D eigenvalue weighted by molar-refractivity contribution is 6.00. The highest BCUT2D eigenvalue weighted by Crippen LogP contribution is 2.43. The van der Waals surface area contributed by atoms with Crippen LogP contribution in [0.25, 0.3) is 44.8 Å². The molecule has 0 spiro atoms. The largest absolute Gasteiger partial charge is 0.573 e. The van der Waals surface area contributed by atoms with Gasteiger partial charge in [0, 0.05) is 36.2 Å². The number of nitrogens with two attached hydrogens (primary N) is 1. The van der Waals surface area contributed by atoms with Crippen LogP contribution in [-0.2, 0) is 4.79 Å². The molecule has 0 saturated carbocycles. The van der Waals surface area contributed by atoms with Crippen LogP contribution in [0.3, 0.4) is 0 Å². The molecule has 6 aromatic rings. The lowest BCUT2D eigenvalue weighted by Gasteiger charge is -2.29. The number of aryl methyl sites for hydroxylation is 2. The summed E-state index contributed by atoms with van der Waals surface area (Å²) in [5, 5.41) is 8.75. The first-order valence-corrected chi connectivity index (χ1v) is 22.0. The molecular weight excluding hydrogens is 926 g/mol. The molecule has 2 atom stereocenters. The first-order valence-electron chi connectivity index (χ1n) is 22.0. The number of benzene rings is 4. The number of alkyl halides is 6. The van der Waals surface area contributed by atoms with Crippen molar-refractivity contribution in [2.24, 2.45) is 11.1 Å². The third-order valence-electron chi connectivity index (χ3n) is 11.5. The number of amides is 3. The molecular formula is C51H53ClF6N6O5. The van der Waals surface area contributed by atoms with Gasteiger partial charge in [0.1, 0.15) is 22.9 Å². The van der Waals surface area contributed by atoms with E-state index in [0.717, 1.165) is 33.6 Å². The first-order chi connectivity index (χ1) is 32.1.